The van der Waals surface area contributed by atoms with Gasteiger partial charge in [0.25, 0.3) is 0 Å². The normalized spacial score (nSPS) is 15.7. The number of ketones is 1. The fourth-order valence-corrected chi connectivity index (χ4v) is 2.03. The SMILES string of the molecule is COc1ccc(F)c2c1C(=O)CCCC2. The second-order valence-electron chi connectivity index (χ2n) is 3.73. The van der Waals surface area contributed by atoms with Crippen LogP contribution in [0.15, 0.2) is 12.1 Å². The molecule has 0 saturated carbocycles. The molecule has 2 rings (SSSR count). The van der Waals surface area contributed by atoms with Crippen molar-refractivity contribution in [2.75, 3.05) is 7.11 Å². The van der Waals surface area contributed by atoms with Crippen molar-refractivity contribution in [2.24, 2.45) is 0 Å². The number of methoxy groups -OCH3 is 1. The van der Waals surface area contributed by atoms with Crippen molar-refractivity contribution in [1.29, 1.82) is 0 Å². The van der Waals surface area contributed by atoms with Crippen LogP contribution in [0.25, 0.3) is 0 Å². The minimum Gasteiger partial charge on any atom is -0.496 e. The van der Waals surface area contributed by atoms with E-state index in [4.69, 9.17) is 4.74 Å². The number of ether oxygens (including phenoxy) is 1. The lowest BCUT2D eigenvalue weighted by atomic mass is 10.0. The second-order valence-corrected chi connectivity index (χ2v) is 3.73. The van der Waals surface area contributed by atoms with Gasteiger partial charge in [-0.05, 0) is 31.4 Å². The summed E-state index contributed by atoms with van der Waals surface area (Å²) in [5, 5.41) is 0. The Morgan fingerprint density at radius 2 is 2.00 bits per heavy atom. The average Bonchev–Trinajstić information content (AvgIpc) is 2.43. The minimum atomic E-state index is -0.291. The molecule has 0 aromatic heterocycles. The van der Waals surface area contributed by atoms with Crippen LogP contribution in [0.1, 0.15) is 35.2 Å². The Morgan fingerprint density at radius 3 is 2.73 bits per heavy atom. The fraction of sp³-hybridized carbons (Fsp3) is 0.417. The van der Waals surface area contributed by atoms with Crippen LogP contribution in [0.4, 0.5) is 4.39 Å². The lowest BCUT2D eigenvalue weighted by Crippen LogP contribution is -2.05. The van der Waals surface area contributed by atoms with Gasteiger partial charge in [0.05, 0.1) is 12.7 Å². The number of hydrogen-bond donors (Lipinski definition) is 0. The van der Waals surface area contributed by atoms with Crippen molar-refractivity contribution in [3.8, 4) is 5.75 Å². The topological polar surface area (TPSA) is 26.3 Å². The van der Waals surface area contributed by atoms with E-state index < -0.39 is 0 Å². The maximum absolute atomic E-state index is 13.5. The number of carbonyl (C=O) groups excluding carboxylic acids is 1. The van der Waals surface area contributed by atoms with E-state index in [0.29, 0.717) is 29.7 Å². The molecule has 1 aromatic carbocycles. The summed E-state index contributed by atoms with van der Waals surface area (Å²) in [6.45, 7) is 0. The van der Waals surface area contributed by atoms with Gasteiger partial charge in [0.1, 0.15) is 11.6 Å². The van der Waals surface area contributed by atoms with E-state index in [9.17, 15) is 9.18 Å². The van der Waals surface area contributed by atoms with E-state index in [2.05, 4.69) is 0 Å². The molecule has 0 heterocycles. The van der Waals surface area contributed by atoms with Crippen LogP contribution in [0.5, 0.6) is 5.75 Å². The Kier molecular flexibility index (Phi) is 2.71. The van der Waals surface area contributed by atoms with Gasteiger partial charge in [-0.2, -0.15) is 0 Å². The molecule has 0 N–H and O–H groups in total. The van der Waals surface area contributed by atoms with Crippen LogP contribution in [0.2, 0.25) is 0 Å². The van der Waals surface area contributed by atoms with E-state index in [1.807, 2.05) is 0 Å². The molecule has 0 unspecified atom stereocenters. The predicted molar refractivity (Wildman–Crippen MR) is 54.8 cm³/mol. The Bertz CT molecular complexity index is 399. The summed E-state index contributed by atoms with van der Waals surface area (Å²) >= 11 is 0. The predicted octanol–water partition coefficient (Wildman–Crippen LogP) is 2.74. The van der Waals surface area contributed by atoms with E-state index in [1.54, 1.807) is 0 Å². The lowest BCUT2D eigenvalue weighted by Gasteiger charge is -2.10. The molecule has 80 valence electrons. The number of hydrogen-bond acceptors (Lipinski definition) is 2. The van der Waals surface area contributed by atoms with Crippen molar-refractivity contribution < 1.29 is 13.9 Å². The maximum atomic E-state index is 13.5. The molecule has 3 heteroatoms. The Hall–Kier alpha value is -1.38. The Balaban J connectivity index is 2.61. The molecule has 0 fully saturated rings. The number of fused-ring (bicyclic) bond motifs is 1. The zero-order valence-electron chi connectivity index (χ0n) is 8.68. The first-order chi connectivity index (χ1) is 7.24. The molecular formula is C12H13FO2. The van der Waals surface area contributed by atoms with Gasteiger partial charge in [-0.25, -0.2) is 4.39 Å². The highest BCUT2D eigenvalue weighted by Crippen LogP contribution is 2.30. The summed E-state index contributed by atoms with van der Waals surface area (Å²) in [5.41, 5.74) is 0.979. The van der Waals surface area contributed by atoms with Gasteiger partial charge < -0.3 is 4.74 Å². The number of rotatable bonds is 1. The van der Waals surface area contributed by atoms with Crippen LogP contribution in [0.3, 0.4) is 0 Å². The Morgan fingerprint density at radius 1 is 1.27 bits per heavy atom. The molecule has 1 aliphatic rings. The highest BCUT2D eigenvalue weighted by Gasteiger charge is 2.22. The summed E-state index contributed by atoms with van der Waals surface area (Å²) in [5.74, 6) is 0.207. The molecule has 0 atom stereocenters. The first kappa shape index (κ1) is 10.1. The number of Topliss-reactive ketones (excluding diaryl/α,β-unsaturated/α-hetero) is 1. The largest absolute Gasteiger partial charge is 0.496 e. The summed E-state index contributed by atoms with van der Waals surface area (Å²) < 4.78 is 18.6. The van der Waals surface area contributed by atoms with Crippen LogP contribution in [-0.4, -0.2) is 12.9 Å². The first-order valence-electron chi connectivity index (χ1n) is 5.12. The summed E-state index contributed by atoms with van der Waals surface area (Å²) in [7, 11) is 1.51. The van der Waals surface area contributed by atoms with Gasteiger partial charge in [-0.1, -0.05) is 0 Å². The molecule has 0 spiro atoms. The molecular weight excluding hydrogens is 195 g/mol. The van der Waals surface area contributed by atoms with Gasteiger partial charge >= 0.3 is 0 Å². The van der Waals surface area contributed by atoms with Crippen LogP contribution in [-0.2, 0) is 6.42 Å². The molecule has 0 bridgehead atoms. The van der Waals surface area contributed by atoms with Gasteiger partial charge in [-0.15, -0.1) is 0 Å². The summed E-state index contributed by atoms with van der Waals surface area (Å²) in [4.78, 5) is 11.8. The number of halogens is 1. The monoisotopic (exact) mass is 208 g/mol. The third-order valence-electron chi connectivity index (χ3n) is 2.80. The van der Waals surface area contributed by atoms with Gasteiger partial charge in [0, 0.05) is 12.0 Å². The third-order valence-corrected chi connectivity index (χ3v) is 2.80. The van der Waals surface area contributed by atoms with Crippen LogP contribution >= 0.6 is 0 Å². The van der Waals surface area contributed by atoms with Crippen molar-refractivity contribution in [1.82, 2.24) is 0 Å². The standard InChI is InChI=1S/C12H13FO2/c1-15-11-7-6-9(13)8-4-2-3-5-10(14)12(8)11/h6-7H,2-5H2,1H3. The zero-order valence-corrected chi connectivity index (χ0v) is 8.68. The Labute approximate surface area is 88.1 Å². The van der Waals surface area contributed by atoms with E-state index in [-0.39, 0.29) is 11.6 Å². The van der Waals surface area contributed by atoms with Crippen molar-refractivity contribution in [3.05, 3.63) is 29.1 Å². The average molecular weight is 208 g/mol. The van der Waals surface area contributed by atoms with Crippen LogP contribution in [0, 0.1) is 5.82 Å². The van der Waals surface area contributed by atoms with Crippen LogP contribution < -0.4 is 4.74 Å². The van der Waals surface area contributed by atoms with Crippen molar-refractivity contribution >= 4 is 5.78 Å². The summed E-state index contributed by atoms with van der Waals surface area (Å²) in [6.07, 6.45) is 2.82. The lowest BCUT2D eigenvalue weighted by molar-refractivity contribution is 0.0978. The smallest absolute Gasteiger partial charge is 0.166 e. The van der Waals surface area contributed by atoms with E-state index in [1.165, 1.54) is 19.2 Å². The summed E-state index contributed by atoms with van der Waals surface area (Å²) in [6, 6.07) is 2.90. The number of carbonyl (C=O) groups is 1. The maximum Gasteiger partial charge on any atom is 0.166 e. The molecule has 0 saturated heterocycles. The van der Waals surface area contributed by atoms with Gasteiger partial charge in [0.2, 0.25) is 0 Å². The highest BCUT2D eigenvalue weighted by molar-refractivity contribution is 6.00. The molecule has 0 radical (unpaired) electrons. The van der Waals surface area contributed by atoms with Gasteiger partial charge in [-0.3, -0.25) is 4.79 Å². The number of benzene rings is 1. The molecule has 1 aliphatic carbocycles. The first-order valence-corrected chi connectivity index (χ1v) is 5.12. The van der Waals surface area contributed by atoms with E-state index in [0.717, 1.165) is 12.8 Å². The fourth-order valence-electron chi connectivity index (χ4n) is 2.03. The minimum absolute atomic E-state index is 0.00106. The van der Waals surface area contributed by atoms with Crippen molar-refractivity contribution in [2.45, 2.75) is 25.7 Å². The van der Waals surface area contributed by atoms with Gasteiger partial charge in [0.15, 0.2) is 5.78 Å². The molecule has 1 aromatic rings. The molecule has 2 nitrogen and oxygen atoms in total. The van der Waals surface area contributed by atoms with Crippen molar-refractivity contribution in [3.63, 3.8) is 0 Å². The highest BCUT2D eigenvalue weighted by atomic mass is 19.1. The molecule has 0 amide bonds. The van der Waals surface area contributed by atoms with E-state index >= 15 is 0 Å². The third kappa shape index (κ3) is 1.74. The molecule has 0 aliphatic heterocycles. The second kappa shape index (κ2) is 4.01. The zero-order chi connectivity index (χ0) is 10.8. The quantitative estimate of drug-likeness (QED) is 0.663. The molecule has 15 heavy (non-hydrogen) atoms.